The predicted octanol–water partition coefficient (Wildman–Crippen LogP) is 1.78. The predicted molar refractivity (Wildman–Crippen MR) is 51.5 cm³/mol. The van der Waals surface area contributed by atoms with Gasteiger partial charge in [-0.15, -0.1) is 0 Å². The molecule has 6 nitrogen and oxygen atoms in total. The number of esters is 1. The Morgan fingerprint density at radius 2 is 2.22 bits per heavy atom. The molecule has 0 aliphatic rings. The first kappa shape index (κ1) is 13.9. The lowest BCUT2D eigenvalue weighted by Gasteiger charge is -2.05. The van der Waals surface area contributed by atoms with Crippen molar-refractivity contribution >= 4 is 11.8 Å². The molecule has 0 amide bonds. The number of carbonyl (C=O) groups excluding carboxylic acids is 1. The molecule has 0 aliphatic heterocycles. The molecule has 0 fully saturated rings. The van der Waals surface area contributed by atoms with E-state index in [9.17, 15) is 28.1 Å². The average molecular weight is 264 g/mol. The highest BCUT2D eigenvalue weighted by molar-refractivity contribution is 5.72. The number of pyridine rings is 1. The van der Waals surface area contributed by atoms with Crippen LogP contribution in [-0.4, -0.2) is 23.0 Å². The van der Waals surface area contributed by atoms with Gasteiger partial charge in [0.25, 0.3) is 6.43 Å². The number of nitrogens with zero attached hydrogens (tertiary/aromatic N) is 2. The van der Waals surface area contributed by atoms with Crippen molar-refractivity contribution < 1.29 is 27.6 Å². The second-order valence-electron chi connectivity index (χ2n) is 3.13. The molecule has 0 aliphatic carbocycles. The summed E-state index contributed by atoms with van der Waals surface area (Å²) >= 11 is 0. The molecule has 0 bridgehead atoms. The van der Waals surface area contributed by atoms with Gasteiger partial charge in [-0.05, 0) is 9.91 Å². The van der Waals surface area contributed by atoms with Crippen LogP contribution in [0.1, 0.15) is 17.7 Å². The van der Waals surface area contributed by atoms with Crippen molar-refractivity contribution in [2.24, 2.45) is 0 Å². The molecule has 0 aromatic carbocycles. The fourth-order valence-corrected chi connectivity index (χ4v) is 1.23. The number of halogens is 3. The zero-order chi connectivity index (χ0) is 13.9. The van der Waals surface area contributed by atoms with Crippen LogP contribution in [0.25, 0.3) is 0 Å². The van der Waals surface area contributed by atoms with E-state index < -0.39 is 46.6 Å². The molecule has 1 heterocycles. The maximum atomic E-state index is 13.3. The molecule has 1 aromatic heterocycles. The number of ether oxygens (including phenoxy) is 1. The standard InChI is InChI=1S/C9H7F3N2O4/c1-18-7(15)3-5-8(9(11)12)4(10)2-6(13-5)14(16)17/h2,9H,3H2,1H3. The van der Waals surface area contributed by atoms with Gasteiger partial charge >= 0.3 is 11.8 Å². The average Bonchev–Trinajstić information content (AvgIpc) is 2.27. The molecular weight excluding hydrogens is 257 g/mol. The minimum Gasteiger partial charge on any atom is -0.469 e. The summed E-state index contributed by atoms with van der Waals surface area (Å²) in [5, 5.41) is 10.4. The second kappa shape index (κ2) is 5.43. The van der Waals surface area contributed by atoms with Gasteiger partial charge in [-0.3, -0.25) is 4.79 Å². The first-order valence-electron chi connectivity index (χ1n) is 4.55. The summed E-state index contributed by atoms with van der Waals surface area (Å²) in [6.07, 6.45) is -4.01. The van der Waals surface area contributed by atoms with Crippen LogP contribution < -0.4 is 0 Å². The summed E-state index contributed by atoms with van der Waals surface area (Å²) in [4.78, 5) is 23.5. The number of aromatic nitrogens is 1. The van der Waals surface area contributed by atoms with E-state index in [2.05, 4.69) is 9.72 Å². The minimum absolute atomic E-state index is 0.280. The van der Waals surface area contributed by atoms with Crippen LogP contribution in [0.3, 0.4) is 0 Å². The van der Waals surface area contributed by atoms with Crippen LogP contribution in [0.4, 0.5) is 19.0 Å². The fraction of sp³-hybridized carbons (Fsp3) is 0.333. The first-order chi connectivity index (χ1) is 8.36. The van der Waals surface area contributed by atoms with Crippen LogP contribution in [0.5, 0.6) is 0 Å². The molecule has 0 radical (unpaired) electrons. The van der Waals surface area contributed by atoms with Gasteiger partial charge in [0, 0.05) is 0 Å². The summed E-state index contributed by atoms with van der Waals surface area (Å²) in [6, 6.07) is 0.280. The van der Waals surface area contributed by atoms with Crippen LogP contribution in [0, 0.1) is 15.9 Å². The zero-order valence-electron chi connectivity index (χ0n) is 9.02. The highest BCUT2D eigenvalue weighted by Gasteiger charge is 2.28. The SMILES string of the molecule is COC(=O)Cc1nc([N+](=O)[O-])cc(F)c1C(F)F. The summed E-state index contributed by atoms with van der Waals surface area (Å²) in [5.41, 5.74) is -1.84. The van der Waals surface area contributed by atoms with Gasteiger partial charge in [0.15, 0.2) is 5.69 Å². The second-order valence-corrected chi connectivity index (χ2v) is 3.13. The Labute approximate surface area is 98.5 Å². The van der Waals surface area contributed by atoms with E-state index in [0.29, 0.717) is 0 Å². The lowest BCUT2D eigenvalue weighted by molar-refractivity contribution is -0.389. The molecule has 0 saturated carbocycles. The van der Waals surface area contributed by atoms with Crippen LogP contribution >= 0.6 is 0 Å². The molecule has 18 heavy (non-hydrogen) atoms. The largest absolute Gasteiger partial charge is 0.469 e. The molecule has 98 valence electrons. The number of nitro groups is 1. The van der Waals surface area contributed by atoms with E-state index in [1.807, 2.05) is 0 Å². The summed E-state index contributed by atoms with van der Waals surface area (Å²) in [6.45, 7) is 0. The smallest absolute Gasteiger partial charge is 0.366 e. The Morgan fingerprint density at radius 1 is 1.61 bits per heavy atom. The quantitative estimate of drug-likeness (QED) is 0.470. The fourth-order valence-electron chi connectivity index (χ4n) is 1.23. The van der Waals surface area contributed by atoms with Crippen molar-refractivity contribution in [2.75, 3.05) is 7.11 Å². The zero-order valence-corrected chi connectivity index (χ0v) is 9.02. The van der Waals surface area contributed by atoms with Gasteiger partial charge in [0.1, 0.15) is 17.8 Å². The normalized spacial score (nSPS) is 10.5. The minimum atomic E-state index is -3.24. The lowest BCUT2D eigenvalue weighted by Crippen LogP contribution is -2.12. The first-order valence-corrected chi connectivity index (χ1v) is 4.55. The Morgan fingerprint density at radius 3 is 2.67 bits per heavy atom. The highest BCUT2D eigenvalue weighted by Crippen LogP contribution is 2.27. The van der Waals surface area contributed by atoms with Gasteiger partial charge in [-0.2, -0.15) is 0 Å². The maximum absolute atomic E-state index is 13.3. The molecule has 0 unspecified atom stereocenters. The van der Waals surface area contributed by atoms with Crippen molar-refractivity contribution in [3.63, 3.8) is 0 Å². The van der Waals surface area contributed by atoms with E-state index in [4.69, 9.17) is 0 Å². The third-order valence-electron chi connectivity index (χ3n) is 2.02. The Kier molecular flexibility index (Phi) is 4.18. The van der Waals surface area contributed by atoms with E-state index in [0.717, 1.165) is 7.11 Å². The molecular formula is C9H7F3N2O4. The van der Waals surface area contributed by atoms with E-state index >= 15 is 0 Å². The number of alkyl halides is 2. The van der Waals surface area contributed by atoms with Gasteiger partial charge in [-0.1, -0.05) is 0 Å². The molecule has 9 heteroatoms. The van der Waals surface area contributed by atoms with Crippen molar-refractivity contribution in [1.29, 1.82) is 0 Å². The summed E-state index contributed by atoms with van der Waals surface area (Å²) in [7, 11) is 0.998. The van der Waals surface area contributed by atoms with Crippen molar-refractivity contribution in [3.05, 3.63) is 33.3 Å². The molecule has 0 spiro atoms. The lowest BCUT2D eigenvalue weighted by atomic mass is 10.1. The summed E-state index contributed by atoms with van der Waals surface area (Å²) < 4.78 is 42.7. The van der Waals surface area contributed by atoms with E-state index in [1.54, 1.807) is 0 Å². The molecule has 1 aromatic rings. The topological polar surface area (TPSA) is 82.3 Å². The van der Waals surface area contributed by atoms with Gasteiger partial charge in [0.05, 0.1) is 13.2 Å². The maximum Gasteiger partial charge on any atom is 0.366 e. The van der Waals surface area contributed by atoms with Crippen molar-refractivity contribution in [2.45, 2.75) is 12.8 Å². The van der Waals surface area contributed by atoms with Gasteiger partial charge in [-0.25, -0.2) is 13.2 Å². The van der Waals surface area contributed by atoms with E-state index in [-0.39, 0.29) is 6.07 Å². The third kappa shape index (κ3) is 2.93. The van der Waals surface area contributed by atoms with Crippen LogP contribution in [-0.2, 0) is 16.0 Å². The number of carbonyl (C=O) groups is 1. The molecule has 0 saturated heterocycles. The number of methoxy groups -OCH3 is 1. The Balaban J connectivity index is 3.33. The highest BCUT2D eigenvalue weighted by atomic mass is 19.3. The summed E-state index contributed by atoms with van der Waals surface area (Å²) in [5.74, 6) is -3.38. The molecule has 0 atom stereocenters. The molecule has 0 N–H and O–H groups in total. The Bertz CT molecular complexity index is 493. The van der Waals surface area contributed by atoms with Crippen LogP contribution in [0.2, 0.25) is 0 Å². The van der Waals surface area contributed by atoms with Gasteiger partial charge < -0.3 is 14.9 Å². The number of hydrogen-bond donors (Lipinski definition) is 0. The van der Waals surface area contributed by atoms with E-state index in [1.165, 1.54) is 0 Å². The van der Waals surface area contributed by atoms with Crippen molar-refractivity contribution in [1.82, 2.24) is 4.98 Å². The number of rotatable bonds is 4. The monoisotopic (exact) mass is 264 g/mol. The van der Waals surface area contributed by atoms with Gasteiger partial charge in [0.2, 0.25) is 0 Å². The Hall–Kier alpha value is -2.19. The number of hydrogen-bond acceptors (Lipinski definition) is 5. The van der Waals surface area contributed by atoms with Crippen LogP contribution in [0.15, 0.2) is 6.07 Å². The molecule has 1 rings (SSSR count). The van der Waals surface area contributed by atoms with Crippen molar-refractivity contribution in [3.8, 4) is 0 Å². The third-order valence-corrected chi connectivity index (χ3v) is 2.02.